The number of halogens is 1. The lowest BCUT2D eigenvalue weighted by atomic mass is 10.1. The number of benzene rings is 1. The van der Waals surface area contributed by atoms with Crippen molar-refractivity contribution in [3.63, 3.8) is 0 Å². The van der Waals surface area contributed by atoms with Gasteiger partial charge in [-0.2, -0.15) is 0 Å². The second kappa shape index (κ2) is 6.17. The Bertz CT molecular complexity index is 395. The zero-order valence-corrected chi connectivity index (χ0v) is 12.1. The summed E-state index contributed by atoms with van der Waals surface area (Å²) in [6.07, 6.45) is 0.464. The molecule has 1 atom stereocenters. The predicted octanol–water partition coefficient (Wildman–Crippen LogP) is 2.99. The topological polar surface area (TPSA) is 55.1 Å². The van der Waals surface area contributed by atoms with E-state index in [1.807, 2.05) is 32.9 Å². The molecule has 3 nitrogen and oxygen atoms in total. The average Bonchev–Trinajstić information content (AvgIpc) is 2.23. The highest BCUT2D eigenvalue weighted by atomic mass is 79.9. The largest absolute Gasteiger partial charge is 0.330 e. The minimum absolute atomic E-state index is 0.0245. The smallest absolute Gasteiger partial charge is 0.224 e. The predicted molar refractivity (Wildman–Crippen MR) is 75.1 cm³/mol. The van der Waals surface area contributed by atoms with Crippen LogP contribution >= 0.6 is 15.9 Å². The molecule has 0 saturated carbocycles. The Morgan fingerprint density at radius 3 is 2.41 bits per heavy atom. The normalized spacial score (nSPS) is 12.3. The quantitative estimate of drug-likeness (QED) is 0.898. The van der Waals surface area contributed by atoms with Crippen molar-refractivity contribution in [2.75, 3.05) is 11.9 Å². The summed E-state index contributed by atoms with van der Waals surface area (Å²) >= 11 is 3.44. The van der Waals surface area contributed by atoms with Crippen LogP contribution in [-0.2, 0) is 4.79 Å². The lowest BCUT2D eigenvalue weighted by Gasteiger charge is -2.14. The molecule has 0 radical (unpaired) electrons. The summed E-state index contributed by atoms with van der Waals surface area (Å²) < 4.78 is 1.03. The fourth-order valence-corrected chi connectivity index (χ4v) is 2.38. The molecule has 0 fully saturated rings. The van der Waals surface area contributed by atoms with Gasteiger partial charge < -0.3 is 11.1 Å². The first kappa shape index (κ1) is 14.2. The number of amides is 1. The monoisotopic (exact) mass is 298 g/mol. The van der Waals surface area contributed by atoms with E-state index in [1.165, 1.54) is 0 Å². The lowest BCUT2D eigenvalue weighted by molar-refractivity contribution is -0.116. The highest BCUT2D eigenvalue weighted by molar-refractivity contribution is 9.10. The van der Waals surface area contributed by atoms with Crippen LogP contribution in [0.5, 0.6) is 0 Å². The second-order valence-corrected chi connectivity index (χ2v) is 5.42. The van der Waals surface area contributed by atoms with E-state index in [0.29, 0.717) is 13.0 Å². The van der Waals surface area contributed by atoms with E-state index in [1.54, 1.807) is 0 Å². The van der Waals surface area contributed by atoms with Gasteiger partial charge >= 0.3 is 0 Å². The van der Waals surface area contributed by atoms with E-state index in [4.69, 9.17) is 5.73 Å². The molecule has 0 aliphatic carbocycles. The number of nitrogens with one attached hydrogen (secondary N) is 1. The van der Waals surface area contributed by atoms with Gasteiger partial charge in [-0.3, -0.25) is 4.79 Å². The second-order valence-electron chi connectivity index (χ2n) is 4.51. The van der Waals surface area contributed by atoms with Crippen molar-refractivity contribution in [3.8, 4) is 0 Å². The van der Waals surface area contributed by atoms with Gasteiger partial charge in [0.25, 0.3) is 0 Å². The number of aryl methyl sites for hydroxylation is 2. The maximum atomic E-state index is 11.8. The summed E-state index contributed by atoms with van der Waals surface area (Å²) in [6.45, 7) is 6.48. The molecule has 0 bridgehead atoms. The Kier molecular flexibility index (Phi) is 5.15. The number of nitrogens with two attached hydrogens (primary N) is 1. The molecule has 1 unspecified atom stereocenters. The first-order chi connectivity index (χ1) is 7.93. The Labute approximate surface area is 111 Å². The van der Waals surface area contributed by atoms with Gasteiger partial charge in [0.15, 0.2) is 0 Å². The summed E-state index contributed by atoms with van der Waals surface area (Å²) in [5, 5.41) is 2.96. The lowest BCUT2D eigenvalue weighted by Crippen LogP contribution is -2.20. The molecule has 0 heterocycles. The molecule has 94 valence electrons. The molecule has 1 rings (SSSR count). The molecular weight excluding hydrogens is 280 g/mol. The molecule has 0 aliphatic heterocycles. The number of anilines is 1. The Hall–Kier alpha value is -0.870. The molecule has 0 saturated heterocycles. The molecular formula is C13H19BrN2O. The molecule has 1 aromatic carbocycles. The maximum Gasteiger partial charge on any atom is 0.224 e. The van der Waals surface area contributed by atoms with Gasteiger partial charge in [-0.1, -0.05) is 22.9 Å². The van der Waals surface area contributed by atoms with E-state index < -0.39 is 0 Å². The third-order valence-electron chi connectivity index (χ3n) is 2.70. The molecule has 1 amide bonds. The van der Waals surface area contributed by atoms with Gasteiger partial charge in [0.2, 0.25) is 5.91 Å². The van der Waals surface area contributed by atoms with E-state index >= 15 is 0 Å². The Balaban J connectivity index is 2.78. The summed E-state index contributed by atoms with van der Waals surface area (Å²) in [5.41, 5.74) is 8.53. The van der Waals surface area contributed by atoms with E-state index in [2.05, 4.69) is 21.2 Å². The number of hydrogen-bond donors (Lipinski definition) is 2. The van der Waals surface area contributed by atoms with Crippen molar-refractivity contribution in [1.82, 2.24) is 0 Å². The SMILES string of the molecule is Cc1cc(Br)cc(C)c1NC(=O)CC(C)CN. The summed E-state index contributed by atoms with van der Waals surface area (Å²) in [6, 6.07) is 3.99. The van der Waals surface area contributed by atoms with Gasteiger partial charge in [0.05, 0.1) is 0 Å². The zero-order chi connectivity index (χ0) is 13.0. The number of carbonyl (C=O) groups excluding carboxylic acids is 1. The van der Waals surface area contributed by atoms with Gasteiger partial charge in [0.1, 0.15) is 0 Å². The van der Waals surface area contributed by atoms with Crippen LogP contribution in [0.25, 0.3) is 0 Å². The third-order valence-corrected chi connectivity index (χ3v) is 3.16. The van der Waals surface area contributed by atoms with Crippen LogP contribution in [0, 0.1) is 19.8 Å². The van der Waals surface area contributed by atoms with E-state index in [9.17, 15) is 4.79 Å². The summed E-state index contributed by atoms with van der Waals surface area (Å²) in [7, 11) is 0. The third kappa shape index (κ3) is 4.13. The fourth-order valence-electron chi connectivity index (χ4n) is 1.70. The van der Waals surface area contributed by atoms with Crippen molar-refractivity contribution in [1.29, 1.82) is 0 Å². The van der Waals surface area contributed by atoms with Crippen LogP contribution in [0.1, 0.15) is 24.5 Å². The molecule has 3 N–H and O–H groups in total. The fraction of sp³-hybridized carbons (Fsp3) is 0.462. The molecule has 0 aromatic heterocycles. The van der Waals surface area contributed by atoms with Crippen LogP contribution in [0.2, 0.25) is 0 Å². The number of hydrogen-bond acceptors (Lipinski definition) is 2. The van der Waals surface area contributed by atoms with Crippen LogP contribution in [0.3, 0.4) is 0 Å². The molecule has 4 heteroatoms. The van der Waals surface area contributed by atoms with Crippen LogP contribution < -0.4 is 11.1 Å². The maximum absolute atomic E-state index is 11.8. The van der Waals surface area contributed by atoms with Crippen LogP contribution in [0.15, 0.2) is 16.6 Å². The standard InChI is InChI=1S/C13H19BrN2O/c1-8(7-15)4-12(17)16-13-9(2)5-11(14)6-10(13)3/h5-6,8H,4,7,15H2,1-3H3,(H,16,17). The van der Waals surface area contributed by atoms with E-state index in [-0.39, 0.29) is 11.8 Å². The zero-order valence-electron chi connectivity index (χ0n) is 10.5. The first-order valence-corrected chi connectivity index (χ1v) is 6.50. The minimum atomic E-state index is 0.0245. The van der Waals surface area contributed by atoms with Gasteiger partial charge in [0, 0.05) is 16.6 Å². The van der Waals surface area contributed by atoms with Crippen molar-refractivity contribution in [2.45, 2.75) is 27.2 Å². The van der Waals surface area contributed by atoms with Crippen molar-refractivity contribution < 1.29 is 4.79 Å². The van der Waals surface area contributed by atoms with Crippen LogP contribution in [-0.4, -0.2) is 12.5 Å². The highest BCUT2D eigenvalue weighted by Crippen LogP contribution is 2.25. The summed E-state index contributed by atoms with van der Waals surface area (Å²) in [4.78, 5) is 11.8. The first-order valence-electron chi connectivity index (χ1n) is 5.70. The number of carbonyl (C=O) groups is 1. The van der Waals surface area contributed by atoms with E-state index in [0.717, 1.165) is 21.3 Å². The summed E-state index contributed by atoms with van der Waals surface area (Å²) in [5.74, 6) is 0.238. The molecule has 17 heavy (non-hydrogen) atoms. The van der Waals surface area contributed by atoms with Crippen LogP contribution in [0.4, 0.5) is 5.69 Å². The average molecular weight is 299 g/mol. The highest BCUT2D eigenvalue weighted by Gasteiger charge is 2.11. The Morgan fingerprint density at radius 1 is 1.41 bits per heavy atom. The van der Waals surface area contributed by atoms with Crippen molar-refractivity contribution in [3.05, 3.63) is 27.7 Å². The molecule has 0 aliphatic rings. The van der Waals surface area contributed by atoms with Gasteiger partial charge in [-0.15, -0.1) is 0 Å². The Morgan fingerprint density at radius 2 is 1.94 bits per heavy atom. The molecule has 1 aromatic rings. The van der Waals surface area contributed by atoms with Gasteiger partial charge in [-0.05, 0) is 49.6 Å². The van der Waals surface area contributed by atoms with Crippen molar-refractivity contribution in [2.24, 2.45) is 11.7 Å². The van der Waals surface area contributed by atoms with Gasteiger partial charge in [-0.25, -0.2) is 0 Å². The number of rotatable bonds is 4. The van der Waals surface area contributed by atoms with Crippen molar-refractivity contribution >= 4 is 27.5 Å². The molecule has 0 spiro atoms. The minimum Gasteiger partial charge on any atom is -0.330 e.